The van der Waals surface area contributed by atoms with E-state index in [0.29, 0.717) is 18.7 Å². The monoisotopic (exact) mass is 304 g/mol. The molecular formula is C15H20F4N2. The SMILES string of the molecule is CCCN(C1CC1)C(CN)c1ccc(F)cc1C(F)(F)F. The molecule has 1 aromatic rings. The predicted octanol–water partition coefficient (Wildman–Crippen LogP) is 3.72. The van der Waals surface area contributed by atoms with E-state index >= 15 is 0 Å². The van der Waals surface area contributed by atoms with E-state index in [0.717, 1.165) is 25.3 Å². The van der Waals surface area contributed by atoms with Gasteiger partial charge in [-0.25, -0.2) is 4.39 Å². The summed E-state index contributed by atoms with van der Waals surface area (Å²) >= 11 is 0. The largest absolute Gasteiger partial charge is 0.416 e. The zero-order valence-corrected chi connectivity index (χ0v) is 12.0. The van der Waals surface area contributed by atoms with Gasteiger partial charge in [-0.3, -0.25) is 4.90 Å². The summed E-state index contributed by atoms with van der Waals surface area (Å²) < 4.78 is 52.7. The molecule has 0 amide bonds. The summed E-state index contributed by atoms with van der Waals surface area (Å²) in [5.74, 6) is -0.879. The number of benzene rings is 1. The fourth-order valence-corrected chi connectivity index (χ4v) is 2.76. The van der Waals surface area contributed by atoms with Crippen LogP contribution >= 0.6 is 0 Å². The van der Waals surface area contributed by atoms with Crippen LogP contribution in [0.15, 0.2) is 18.2 Å². The number of nitrogens with zero attached hydrogens (tertiary/aromatic N) is 1. The van der Waals surface area contributed by atoms with Gasteiger partial charge in [0.2, 0.25) is 0 Å². The molecule has 0 bridgehead atoms. The number of alkyl halides is 3. The molecule has 1 aliphatic carbocycles. The summed E-state index contributed by atoms with van der Waals surface area (Å²) in [4.78, 5) is 2.03. The van der Waals surface area contributed by atoms with E-state index in [4.69, 9.17) is 5.73 Å². The minimum Gasteiger partial charge on any atom is -0.329 e. The Morgan fingerprint density at radius 3 is 2.48 bits per heavy atom. The molecule has 0 saturated heterocycles. The van der Waals surface area contributed by atoms with Crippen molar-refractivity contribution in [3.05, 3.63) is 35.1 Å². The van der Waals surface area contributed by atoms with Crippen LogP contribution in [0.2, 0.25) is 0 Å². The third-order valence-corrected chi connectivity index (χ3v) is 3.80. The van der Waals surface area contributed by atoms with Crippen molar-refractivity contribution in [2.45, 2.75) is 44.4 Å². The Morgan fingerprint density at radius 1 is 1.33 bits per heavy atom. The Bertz CT molecular complexity index is 483. The van der Waals surface area contributed by atoms with Crippen molar-refractivity contribution in [3.8, 4) is 0 Å². The second-order valence-corrected chi connectivity index (χ2v) is 5.45. The first kappa shape index (κ1) is 16.2. The van der Waals surface area contributed by atoms with Crippen molar-refractivity contribution >= 4 is 0 Å². The molecule has 2 N–H and O–H groups in total. The maximum absolute atomic E-state index is 13.2. The van der Waals surface area contributed by atoms with Crippen molar-refractivity contribution in [1.29, 1.82) is 0 Å². The van der Waals surface area contributed by atoms with E-state index in [-0.39, 0.29) is 12.1 Å². The van der Waals surface area contributed by atoms with Crippen molar-refractivity contribution < 1.29 is 17.6 Å². The van der Waals surface area contributed by atoms with Gasteiger partial charge in [0.1, 0.15) is 5.82 Å². The molecule has 0 aliphatic heterocycles. The van der Waals surface area contributed by atoms with Gasteiger partial charge < -0.3 is 5.73 Å². The average Bonchev–Trinajstić information content (AvgIpc) is 3.23. The van der Waals surface area contributed by atoms with Crippen molar-refractivity contribution in [2.75, 3.05) is 13.1 Å². The molecule has 1 saturated carbocycles. The maximum Gasteiger partial charge on any atom is 0.416 e. The van der Waals surface area contributed by atoms with Gasteiger partial charge in [0.15, 0.2) is 0 Å². The molecule has 1 unspecified atom stereocenters. The lowest BCUT2D eigenvalue weighted by molar-refractivity contribution is -0.139. The van der Waals surface area contributed by atoms with Crippen LogP contribution in [0.1, 0.15) is 43.4 Å². The molecule has 0 radical (unpaired) electrons. The van der Waals surface area contributed by atoms with Crippen LogP contribution < -0.4 is 5.73 Å². The molecule has 1 atom stereocenters. The average molecular weight is 304 g/mol. The summed E-state index contributed by atoms with van der Waals surface area (Å²) in [6.45, 7) is 2.77. The Hall–Kier alpha value is -1.14. The third kappa shape index (κ3) is 3.74. The quantitative estimate of drug-likeness (QED) is 0.812. The Labute approximate surface area is 121 Å². The fourth-order valence-electron chi connectivity index (χ4n) is 2.76. The molecule has 6 heteroatoms. The first-order valence-electron chi connectivity index (χ1n) is 7.21. The second-order valence-electron chi connectivity index (χ2n) is 5.45. The highest BCUT2D eigenvalue weighted by atomic mass is 19.4. The smallest absolute Gasteiger partial charge is 0.329 e. The highest BCUT2D eigenvalue weighted by molar-refractivity contribution is 5.33. The number of hydrogen-bond acceptors (Lipinski definition) is 2. The molecular weight excluding hydrogens is 284 g/mol. The van der Waals surface area contributed by atoms with Crippen molar-refractivity contribution in [3.63, 3.8) is 0 Å². The van der Waals surface area contributed by atoms with Crippen LogP contribution in [-0.4, -0.2) is 24.0 Å². The van der Waals surface area contributed by atoms with Crippen LogP contribution in [0.4, 0.5) is 17.6 Å². The van der Waals surface area contributed by atoms with Crippen LogP contribution in [0.25, 0.3) is 0 Å². The number of rotatable bonds is 6. The highest BCUT2D eigenvalue weighted by Gasteiger charge is 2.39. The van der Waals surface area contributed by atoms with Gasteiger partial charge in [-0.2, -0.15) is 13.2 Å². The molecule has 21 heavy (non-hydrogen) atoms. The molecule has 2 nitrogen and oxygen atoms in total. The van der Waals surface area contributed by atoms with Gasteiger partial charge in [0.25, 0.3) is 0 Å². The maximum atomic E-state index is 13.2. The standard InChI is InChI=1S/C15H20F4N2/c1-2-7-21(11-4-5-11)14(9-20)12-6-3-10(16)8-13(12)15(17,18)19/h3,6,8,11,14H,2,4-5,7,9,20H2,1H3. The Kier molecular flexibility index (Phi) is 4.88. The molecule has 0 spiro atoms. The van der Waals surface area contributed by atoms with Gasteiger partial charge in [-0.1, -0.05) is 13.0 Å². The first-order valence-corrected chi connectivity index (χ1v) is 7.21. The van der Waals surface area contributed by atoms with Crippen molar-refractivity contribution in [1.82, 2.24) is 4.90 Å². The number of halogens is 4. The topological polar surface area (TPSA) is 29.3 Å². The number of hydrogen-bond donors (Lipinski definition) is 1. The lowest BCUT2D eigenvalue weighted by atomic mass is 9.97. The van der Waals surface area contributed by atoms with Crippen molar-refractivity contribution in [2.24, 2.45) is 5.73 Å². The minimum absolute atomic E-state index is 0.0757. The zero-order valence-electron chi connectivity index (χ0n) is 12.0. The molecule has 1 aliphatic rings. The molecule has 1 fully saturated rings. The summed E-state index contributed by atoms with van der Waals surface area (Å²) in [6, 6.07) is 2.64. The highest BCUT2D eigenvalue weighted by Crippen LogP contribution is 2.40. The molecule has 118 valence electrons. The summed E-state index contributed by atoms with van der Waals surface area (Å²) in [7, 11) is 0. The second kappa shape index (κ2) is 6.32. The molecule has 1 aromatic carbocycles. The van der Waals surface area contributed by atoms with Crippen LogP contribution in [0, 0.1) is 5.82 Å². The normalized spacial score (nSPS) is 17.3. The fraction of sp³-hybridized carbons (Fsp3) is 0.600. The molecule has 2 rings (SSSR count). The summed E-state index contributed by atoms with van der Waals surface area (Å²) in [6.07, 6.45) is -1.76. The lowest BCUT2D eigenvalue weighted by Gasteiger charge is -2.32. The van der Waals surface area contributed by atoms with E-state index < -0.39 is 23.6 Å². The molecule has 0 heterocycles. The molecule has 0 aromatic heterocycles. The van der Waals surface area contributed by atoms with Gasteiger partial charge in [-0.15, -0.1) is 0 Å². The van der Waals surface area contributed by atoms with Gasteiger partial charge >= 0.3 is 6.18 Å². The summed E-state index contributed by atoms with van der Waals surface area (Å²) in [5.41, 5.74) is 4.91. The zero-order chi connectivity index (χ0) is 15.6. The summed E-state index contributed by atoms with van der Waals surface area (Å²) in [5, 5.41) is 0. The van der Waals surface area contributed by atoms with E-state index in [1.807, 2.05) is 11.8 Å². The predicted molar refractivity (Wildman–Crippen MR) is 73.2 cm³/mol. The van der Waals surface area contributed by atoms with E-state index in [9.17, 15) is 17.6 Å². The van der Waals surface area contributed by atoms with Gasteiger partial charge in [0.05, 0.1) is 5.56 Å². The Morgan fingerprint density at radius 2 is 2.00 bits per heavy atom. The van der Waals surface area contributed by atoms with Gasteiger partial charge in [0, 0.05) is 18.6 Å². The Balaban J connectivity index is 2.41. The van der Waals surface area contributed by atoms with Crippen LogP contribution in [-0.2, 0) is 6.18 Å². The van der Waals surface area contributed by atoms with E-state index in [1.165, 1.54) is 6.07 Å². The first-order chi connectivity index (χ1) is 9.88. The minimum atomic E-state index is -4.58. The van der Waals surface area contributed by atoms with E-state index in [1.54, 1.807) is 0 Å². The van der Waals surface area contributed by atoms with E-state index in [2.05, 4.69) is 0 Å². The third-order valence-electron chi connectivity index (χ3n) is 3.80. The lowest BCUT2D eigenvalue weighted by Crippen LogP contribution is -2.37. The van der Waals surface area contributed by atoms with Crippen LogP contribution in [0.3, 0.4) is 0 Å². The number of nitrogens with two attached hydrogens (primary N) is 1. The van der Waals surface area contributed by atoms with Crippen LogP contribution in [0.5, 0.6) is 0 Å². The van der Waals surface area contributed by atoms with Gasteiger partial charge in [-0.05, 0) is 43.5 Å².